The van der Waals surface area contributed by atoms with Crippen molar-refractivity contribution in [2.24, 2.45) is 0 Å². The Hall–Kier alpha value is -9.12. The van der Waals surface area contributed by atoms with Gasteiger partial charge in [0.05, 0.1) is 26.9 Å². The molecular formula is C71H56O4. The van der Waals surface area contributed by atoms with Crippen LogP contribution in [-0.2, 0) is 0 Å². The number of hydrogen-bond acceptors (Lipinski definition) is 4. The second-order valence-electron chi connectivity index (χ2n) is 18.8. The van der Waals surface area contributed by atoms with Gasteiger partial charge in [-0.05, 0) is 203 Å². The molecule has 0 aliphatic rings. The zero-order chi connectivity index (χ0) is 50.8. The predicted octanol–water partition coefficient (Wildman–Crippen LogP) is 19.1. The van der Waals surface area contributed by atoms with Gasteiger partial charge in [0.1, 0.15) is 23.0 Å². The fraction of sp³-hybridized carbons (Fsp3) is 0.0986. The minimum Gasteiger partial charge on any atom is -0.497 e. The molecule has 0 N–H and O–H groups in total. The smallest absolute Gasteiger partial charge is 0.119 e. The summed E-state index contributed by atoms with van der Waals surface area (Å²) in [4.78, 5) is 0. The Labute approximate surface area is 439 Å². The topological polar surface area (TPSA) is 36.9 Å². The third-order valence-electron chi connectivity index (χ3n) is 14.6. The fourth-order valence-corrected chi connectivity index (χ4v) is 11.2. The van der Waals surface area contributed by atoms with Crippen molar-refractivity contribution >= 4 is 32.3 Å². The van der Waals surface area contributed by atoms with Gasteiger partial charge in [0.15, 0.2) is 0 Å². The summed E-state index contributed by atoms with van der Waals surface area (Å²) in [5.74, 6) is 3.41. The maximum absolute atomic E-state index is 5.92. The van der Waals surface area contributed by atoms with Crippen molar-refractivity contribution < 1.29 is 18.9 Å². The summed E-state index contributed by atoms with van der Waals surface area (Å²) in [6.07, 6.45) is 0. The van der Waals surface area contributed by atoms with Crippen LogP contribution in [0.4, 0.5) is 0 Å². The van der Waals surface area contributed by atoms with E-state index in [1.54, 1.807) is 7.11 Å². The van der Waals surface area contributed by atoms with Crippen molar-refractivity contribution in [3.63, 3.8) is 0 Å². The van der Waals surface area contributed by atoms with Crippen molar-refractivity contribution in [3.05, 3.63) is 231 Å². The van der Waals surface area contributed by atoms with Crippen LogP contribution in [0.25, 0.3) is 121 Å². The Balaban J connectivity index is 1.20. The molecule has 12 aromatic rings. The predicted molar refractivity (Wildman–Crippen MR) is 314 cm³/mol. The third kappa shape index (κ3) is 8.68. The van der Waals surface area contributed by atoms with Gasteiger partial charge >= 0.3 is 0 Å². The lowest BCUT2D eigenvalue weighted by molar-refractivity contribution is 0.340. The summed E-state index contributed by atoms with van der Waals surface area (Å²) < 4.78 is 23.4. The van der Waals surface area contributed by atoms with Crippen molar-refractivity contribution in [2.45, 2.75) is 20.8 Å². The highest BCUT2D eigenvalue weighted by Gasteiger charge is 2.25. The van der Waals surface area contributed by atoms with Gasteiger partial charge in [-0.25, -0.2) is 0 Å². The van der Waals surface area contributed by atoms with E-state index in [-0.39, 0.29) is 0 Å². The Morgan fingerprint density at radius 3 is 0.693 bits per heavy atom. The van der Waals surface area contributed by atoms with E-state index in [0.717, 1.165) is 101 Å². The number of methoxy groups -OCH3 is 1. The molecule has 0 aliphatic carbocycles. The molecule has 0 radical (unpaired) electrons. The minimum absolute atomic E-state index is 0.614. The third-order valence-corrected chi connectivity index (χ3v) is 14.6. The summed E-state index contributed by atoms with van der Waals surface area (Å²) in [6, 6.07) is 83.8. The number of hydrogen-bond donors (Lipinski definition) is 0. The van der Waals surface area contributed by atoms with Crippen LogP contribution in [0, 0.1) is 0 Å². The van der Waals surface area contributed by atoms with Crippen LogP contribution in [0.3, 0.4) is 0 Å². The van der Waals surface area contributed by atoms with Gasteiger partial charge in [-0.3, -0.25) is 0 Å². The normalized spacial score (nSPS) is 11.4. The molecule has 75 heavy (non-hydrogen) atoms. The van der Waals surface area contributed by atoms with Crippen LogP contribution in [0.2, 0.25) is 0 Å². The highest BCUT2D eigenvalue weighted by molar-refractivity contribution is 6.33. The lowest BCUT2D eigenvalue weighted by Crippen LogP contribution is -1.97. The Morgan fingerprint density at radius 1 is 0.240 bits per heavy atom. The van der Waals surface area contributed by atoms with E-state index in [9.17, 15) is 0 Å². The molecular weight excluding hydrogens is 917 g/mol. The molecule has 0 saturated heterocycles. The van der Waals surface area contributed by atoms with Crippen LogP contribution >= 0.6 is 0 Å². The quantitative estimate of drug-likeness (QED) is 0.0960. The van der Waals surface area contributed by atoms with E-state index < -0.39 is 0 Å². The minimum atomic E-state index is 0.614. The van der Waals surface area contributed by atoms with Gasteiger partial charge in [0.2, 0.25) is 0 Å². The molecule has 364 valence electrons. The first-order chi connectivity index (χ1) is 37.0. The Kier molecular flexibility index (Phi) is 12.8. The van der Waals surface area contributed by atoms with Crippen LogP contribution in [0.1, 0.15) is 20.8 Å². The average molecular weight is 973 g/mol. The molecule has 0 saturated carbocycles. The van der Waals surface area contributed by atoms with E-state index in [2.05, 4.69) is 218 Å². The molecule has 12 aromatic carbocycles. The standard InChI is InChI=1S/C71H56O4/c1-5-73-51-34-26-47(27-35-51)55-17-9-13-21-59(55)67-44-66(58-20-12-8-16-54(58)46-24-32-50(72-4)33-25-46)62-40-41-64-68(60-22-14-10-18-56(60)48-28-36-52(37-29-48)74-6-2)45-69(65-43-42-63(67)70(62)71(64)65)61-23-15-11-19-57(61)49-30-38-53(39-31-49)75-7-3/h8-45H,5-7H2,1-4H3. The number of rotatable bonds is 15. The Bertz CT molecular complexity index is 3870. The van der Waals surface area contributed by atoms with Crippen molar-refractivity contribution in [3.8, 4) is 112 Å². The molecule has 0 spiro atoms. The molecule has 0 unspecified atom stereocenters. The van der Waals surface area contributed by atoms with Gasteiger partial charge in [0.25, 0.3) is 0 Å². The van der Waals surface area contributed by atoms with Crippen molar-refractivity contribution in [1.82, 2.24) is 0 Å². The van der Waals surface area contributed by atoms with Gasteiger partial charge < -0.3 is 18.9 Å². The first-order valence-electron chi connectivity index (χ1n) is 26.0. The highest BCUT2D eigenvalue weighted by Crippen LogP contribution is 2.52. The lowest BCUT2D eigenvalue weighted by atomic mass is 9.79. The second kappa shape index (κ2) is 20.4. The van der Waals surface area contributed by atoms with Gasteiger partial charge in [-0.1, -0.05) is 170 Å². The maximum atomic E-state index is 5.92. The van der Waals surface area contributed by atoms with E-state index in [1.165, 1.54) is 43.4 Å². The summed E-state index contributed by atoms with van der Waals surface area (Å²) in [5.41, 5.74) is 18.4. The van der Waals surface area contributed by atoms with E-state index in [0.29, 0.717) is 19.8 Å². The second-order valence-corrected chi connectivity index (χ2v) is 18.8. The zero-order valence-corrected chi connectivity index (χ0v) is 42.7. The first kappa shape index (κ1) is 46.9. The van der Waals surface area contributed by atoms with Gasteiger partial charge in [-0.15, -0.1) is 0 Å². The molecule has 12 rings (SSSR count). The molecule has 0 aliphatic heterocycles. The van der Waals surface area contributed by atoms with Crippen molar-refractivity contribution in [1.29, 1.82) is 0 Å². The summed E-state index contributed by atoms with van der Waals surface area (Å²) in [5, 5.41) is 7.21. The summed E-state index contributed by atoms with van der Waals surface area (Å²) in [7, 11) is 1.72. The molecule has 0 fully saturated rings. The molecule has 0 amide bonds. The molecule has 0 aromatic heterocycles. The van der Waals surface area contributed by atoms with Gasteiger partial charge in [-0.2, -0.15) is 0 Å². The molecule has 0 bridgehead atoms. The lowest BCUT2D eigenvalue weighted by Gasteiger charge is -2.24. The maximum Gasteiger partial charge on any atom is 0.119 e. The summed E-state index contributed by atoms with van der Waals surface area (Å²) in [6.45, 7) is 7.91. The van der Waals surface area contributed by atoms with E-state index >= 15 is 0 Å². The molecule has 0 atom stereocenters. The van der Waals surface area contributed by atoms with Crippen LogP contribution < -0.4 is 18.9 Å². The first-order valence-corrected chi connectivity index (χ1v) is 26.0. The van der Waals surface area contributed by atoms with Gasteiger partial charge in [0, 0.05) is 0 Å². The highest BCUT2D eigenvalue weighted by atomic mass is 16.5. The van der Waals surface area contributed by atoms with Crippen LogP contribution in [0.5, 0.6) is 23.0 Å². The monoisotopic (exact) mass is 972 g/mol. The van der Waals surface area contributed by atoms with Crippen LogP contribution in [0.15, 0.2) is 231 Å². The van der Waals surface area contributed by atoms with Crippen LogP contribution in [-0.4, -0.2) is 26.9 Å². The molecule has 4 nitrogen and oxygen atoms in total. The molecule has 0 heterocycles. The van der Waals surface area contributed by atoms with E-state index in [4.69, 9.17) is 18.9 Å². The largest absolute Gasteiger partial charge is 0.497 e. The SMILES string of the molecule is CCOc1ccc(-c2ccccc2-c2cc(-c3ccccc3-c3ccc(OC)cc3)c3ccc4c(-c5ccccc5-c5ccc(OCC)cc5)cc(-c5ccccc5-c5ccc(OCC)cc5)c5ccc2c3c45)cc1. The Morgan fingerprint density at radius 2 is 0.467 bits per heavy atom. The summed E-state index contributed by atoms with van der Waals surface area (Å²) >= 11 is 0. The molecule has 4 heteroatoms. The van der Waals surface area contributed by atoms with E-state index in [1.807, 2.05) is 32.9 Å². The number of benzene rings is 12. The van der Waals surface area contributed by atoms with Crippen molar-refractivity contribution in [2.75, 3.05) is 26.9 Å². The number of ether oxygens (including phenoxy) is 4. The fourth-order valence-electron chi connectivity index (χ4n) is 11.2. The zero-order valence-electron chi connectivity index (χ0n) is 42.7. The average Bonchev–Trinajstić information content (AvgIpc) is 3.54.